The van der Waals surface area contributed by atoms with Crippen LogP contribution in [0.15, 0.2) is 51.0 Å². The molecule has 0 aliphatic carbocycles. The molecule has 0 bridgehead atoms. The van der Waals surface area contributed by atoms with Crippen molar-refractivity contribution in [2.45, 2.75) is 21.5 Å². The number of thioether (sulfide) groups is 3. The zero-order valence-corrected chi connectivity index (χ0v) is 18.0. The Morgan fingerprint density at radius 2 is 2.10 bits per heavy atom. The van der Waals surface area contributed by atoms with Crippen LogP contribution in [0.3, 0.4) is 0 Å². The molecule has 0 spiro atoms. The molecule has 1 fully saturated rings. The third-order valence-corrected chi connectivity index (χ3v) is 7.95. The van der Waals surface area contributed by atoms with Gasteiger partial charge in [-0.1, -0.05) is 18.2 Å². The number of carbonyl (C=O) groups is 3. The van der Waals surface area contributed by atoms with Crippen LogP contribution < -0.4 is 5.32 Å². The number of carboxylic acid groups (broad SMARTS) is 1. The molecule has 156 valence electrons. The quantitative estimate of drug-likeness (QED) is 0.448. The van der Waals surface area contributed by atoms with Gasteiger partial charge in [-0.2, -0.15) is 0 Å². The van der Waals surface area contributed by atoms with E-state index in [2.05, 4.69) is 20.8 Å². The van der Waals surface area contributed by atoms with E-state index in [1.807, 2.05) is 30.3 Å². The predicted octanol–water partition coefficient (Wildman–Crippen LogP) is 0.791. The molecule has 1 saturated heterocycles. The van der Waals surface area contributed by atoms with E-state index in [-0.39, 0.29) is 17.4 Å². The highest BCUT2D eigenvalue weighted by molar-refractivity contribution is 8.06. The summed E-state index contributed by atoms with van der Waals surface area (Å²) in [6, 6.07) is 8.74. The summed E-state index contributed by atoms with van der Waals surface area (Å²) in [6.07, 6.45) is 0. The molecule has 1 aromatic heterocycles. The maximum Gasteiger partial charge on any atom is 0.353 e. The number of aryl methyl sites for hydroxylation is 1. The number of benzene rings is 1. The molecule has 30 heavy (non-hydrogen) atoms. The van der Waals surface area contributed by atoms with E-state index in [4.69, 9.17) is 0 Å². The van der Waals surface area contributed by atoms with E-state index in [1.54, 1.807) is 7.05 Å². The summed E-state index contributed by atoms with van der Waals surface area (Å²) in [5.74, 6) is -1.35. The largest absolute Gasteiger partial charge is 0.477 e. The van der Waals surface area contributed by atoms with E-state index in [0.29, 0.717) is 15.8 Å². The molecule has 4 rings (SSSR count). The van der Waals surface area contributed by atoms with Gasteiger partial charge in [-0.05, 0) is 34.3 Å². The molecule has 2 amide bonds. The zero-order chi connectivity index (χ0) is 21.3. The van der Waals surface area contributed by atoms with Gasteiger partial charge in [0.25, 0.3) is 5.91 Å². The van der Waals surface area contributed by atoms with Crippen LogP contribution in [0.2, 0.25) is 0 Å². The molecule has 2 aromatic rings. The smallest absolute Gasteiger partial charge is 0.353 e. The number of carboxylic acids is 1. The summed E-state index contributed by atoms with van der Waals surface area (Å²) in [5.41, 5.74) is -0.0825. The molecule has 10 nitrogen and oxygen atoms in total. The van der Waals surface area contributed by atoms with E-state index in [1.165, 1.54) is 33.1 Å². The second-order valence-corrected chi connectivity index (χ2v) is 9.54. The summed E-state index contributed by atoms with van der Waals surface area (Å²) in [6.45, 7) is 0. The summed E-state index contributed by atoms with van der Waals surface area (Å²) in [7, 11) is 1.65. The molecule has 0 saturated carbocycles. The monoisotopic (exact) mass is 464 g/mol. The summed E-state index contributed by atoms with van der Waals surface area (Å²) in [5, 5.41) is 23.5. The minimum Gasteiger partial charge on any atom is -0.477 e. The minimum atomic E-state index is -1.20. The number of aliphatic carboxylic acids is 1. The van der Waals surface area contributed by atoms with Crippen molar-refractivity contribution in [1.82, 2.24) is 30.4 Å². The molecule has 0 unspecified atom stereocenters. The lowest BCUT2D eigenvalue weighted by Gasteiger charge is -2.49. The second-order valence-electron chi connectivity index (χ2n) is 6.32. The van der Waals surface area contributed by atoms with E-state index < -0.39 is 23.3 Å². The highest BCUT2D eigenvalue weighted by Crippen LogP contribution is 2.44. The van der Waals surface area contributed by atoms with Crippen molar-refractivity contribution in [1.29, 1.82) is 0 Å². The number of tetrazole rings is 1. The Balaban J connectivity index is 1.43. The zero-order valence-electron chi connectivity index (χ0n) is 15.6. The van der Waals surface area contributed by atoms with E-state index in [9.17, 15) is 19.5 Å². The number of hydrogen-bond donors (Lipinski definition) is 2. The van der Waals surface area contributed by atoms with Gasteiger partial charge in [-0.25, -0.2) is 9.48 Å². The number of amides is 2. The van der Waals surface area contributed by atoms with Gasteiger partial charge < -0.3 is 10.4 Å². The first-order valence-corrected chi connectivity index (χ1v) is 11.6. The number of nitrogens with one attached hydrogen (secondary N) is 1. The lowest BCUT2D eigenvalue weighted by Crippen LogP contribution is -2.70. The Morgan fingerprint density at radius 1 is 1.33 bits per heavy atom. The van der Waals surface area contributed by atoms with Crippen molar-refractivity contribution in [2.24, 2.45) is 7.05 Å². The fraction of sp³-hybridized carbons (Fsp3) is 0.294. The number of carbonyl (C=O) groups excluding carboxylic acids is 2. The van der Waals surface area contributed by atoms with Crippen LogP contribution in [0.4, 0.5) is 0 Å². The number of hydrogen-bond acceptors (Lipinski definition) is 9. The number of rotatable bonds is 7. The number of nitrogens with zero attached hydrogens (tertiary/aromatic N) is 5. The second kappa shape index (κ2) is 8.70. The van der Waals surface area contributed by atoms with Crippen LogP contribution in [0.25, 0.3) is 0 Å². The Hall–Kier alpha value is -2.51. The Bertz CT molecular complexity index is 1030. The van der Waals surface area contributed by atoms with Gasteiger partial charge in [-0.3, -0.25) is 14.5 Å². The molecule has 0 radical (unpaired) electrons. The van der Waals surface area contributed by atoms with Gasteiger partial charge in [-0.15, -0.1) is 28.6 Å². The average molecular weight is 465 g/mol. The van der Waals surface area contributed by atoms with Crippen LogP contribution in [-0.2, 0) is 21.4 Å². The fourth-order valence-corrected chi connectivity index (χ4v) is 6.08. The predicted molar refractivity (Wildman–Crippen MR) is 112 cm³/mol. The fourth-order valence-electron chi connectivity index (χ4n) is 2.97. The van der Waals surface area contributed by atoms with Gasteiger partial charge in [0.15, 0.2) is 0 Å². The molecular weight excluding hydrogens is 448 g/mol. The Kier molecular flexibility index (Phi) is 6.01. The number of fused-ring (bicyclic) bond motifs is 1. The van der Waals surface area contributed by atoms with Crippen molar-refractivity contribution in [3.05, 3.63) is 40.9 Å². The first-order valence-electron chi connectivity index (χ1n) is 8.74. The Labute approximate surface area is 183 Å². The van der Waals surface area contributed by atoms with Crippen molar-refractivity contribution in [3.63, 3.8) is 0 Å². The number of β-lactam (4-membered cyclic amide) rings is 1. The molecule has 1 aromatic carbocycles. The third-order valence-electron chi connectivity index (χ3n) is 4.36. The standard InChI is InChI=1S/C17H16N6O4S3/c1-22-17(19-20-21-22)30-10-7-29-15-12(14(25)23(15)13(10)16(26)27)18-11(24)8-28-9-5-3-2-4-6-9/h2-6,12,15H,7-8H2,1H3,(H,18,24)(H,26,27)/t12-,15-/m1/s1. The van der Waals surface area contributed by atoms with Crippen LogP contribution >= 0.6 is 35.3 Å². The lowest BCUT2D eigenvalue weighted by atomic mass is 10.1. The first-order chi connectivity index (χ1) is 14.5. The van der Waals surface area contributed by atoms with Gasteiger partial charge in [0.2, 0.25) is 11.1 Å². The van der Waals surface area contributed by atoms with Crippen LogP contribution in [0.1, 0.15) is 0 Å². The van der Waals surface area contributed by atoms with Crippen LogP contribution in [0.5, 0.6) is 0 Å². The lowest BCUT2D eigenvalue weighted by molar-refractivity contribution is -0.150. The molecular formula is C17H16N6O4S3. The van der Waals surface area contributed by atoms with Gasteiger partial charge in [0, 0.05) is 22.6 Å². The van der Waals surface area contributed by atoms with Crippen molar-refractivity contribution >= 4 is 53.1 Å². The maximum absolute atomic E-state index is 12.7. The summed E-state index contributed by atoms with van der Waals surface area (Å²) < 4.78 is 1.43. The van der Waals surface area contributed by atoms with Crippen molar-refractivity contribution in [2.75, 3.05) is 11.5 Å². The maximum atomic E-state index is 12.7. The Morgan fingerprint density at radius 3 is 2.77 bits per heavy atom. The summed E-state index contributed by atoms with van der Waals surface area (Å²) in [4.78, 5) is 39.5. The van der Waals surface area contributed by atoms with E-state index in [0.717, 1.165) is 16.7 Å². The molecule has 2 atom stereocenters. The normalized spacial score (nSPS) is 20.6. The average Bonchev–Trinajstić information content (AvgIpc) is 3.15. The topological polar surface area (TPSA) is 130 Å². The van der Waals surface area contributed by atoms with Gasteiger partial charge in [0.05, 0.1) is 5.75 Å². The van der Waals surface area contributed by atoms with Crippen molar-refractivity contribution < 1.29 is 19.5 Å². The molecule has 13 heteroatoms. The molecule has 3 heterocycles. The molecule has 2 aliphatic heterocycles. The van der Waals surface area contributed by atoms with Gasteiger partial charge >= 0.3 is 5.97 Å². The van der Waals surface area contributed by atoms with Crippen LogP contribution in [0, 0.1) is 0 Å². The van der Waals surface area contributed by atoms with Crippen molar-refractivity contribution in [3.8, 4) is 0 Å². The first kappa shape index (κ1) is 20.8. The highest BCUT2D eigenvalue weighted by Gasteiger charge is 2.54. The third kappa shape index (κ3) is 4.04. The van der Waals surface area contributed by atoms with Crippen LogP contribution in [-0.4, -0.2) is 70.9 Å². The van der Waals surface area contributed by atoms with Gasteiger partial charge in [0.1, 0.15) is 17.1 Å². The highest BCUT2D eigenvalue weighted by atomic mass is 32.2. The number of aromatic nitrogens is 4. The molecule has 2 N–H and O–H groups in total. The SMILES string of the molecule is Cn1nnnc1SC1=C(C(=O)O)N2C(=O)[C@@H](NC(=O)CSc3ccccc3)[C@H]2SC1. The summed E-state index contributed by atoms with van der Waals surface area (Å²) >= 11 is 3.89. The van der Waals surface area contributed by atoms with E-state index >= 15 is 0 Å². The molecule has 2 aliphatic rings. The minimum absolute atomic E-state index is 0.0825.